The van der Waals surface area contributed by atoms with E-state index in [-0.39, 0.29) is 30.9 Å². The number of amides is 1. The lowest BCUT2D eigenvalue weighted by Gasteiger charge is -2.34. The Morgan fingerprint density at radius 3 is 2.82 bits per heavy atom. The number of carbonyl (C=O) groups excluding carboxylic acids is 1. The van der Waals surface area contributed by atoms with Gasteiger partial charge in [0, 0.05) is 55.4 Å². The molecule has 0 bridgehead atoms. The van der Waals surface area contributed by atoms with Gasteiger partial charge >= 0.3 is 0 Å². The van der Waals surface area contributed by atoms with E-state index in [9.17, 15) is 9.18 Å². The molecule has 2 unspecified atom stereocenters. The molecule has 1 amide bonds. The maximum atomic E-state index is 14.2. The number of anilines is 3. The molecule has 3 N–H and O–H groups in total. The molecule has 1 saturated carbocycles. The molecule has 2 atom stereocenters. The van der Waals surface area contributed by atoms with E-state index in [0.717, 1.165) is 29.5 Å². The number of pyridine rings is 3. The Kier molecular flexibility index (Phi) is 6.07. The van der Waals surface area contributed by atoms with Crippen LogP contribution in [0.25, 0.3) is 27.8 Å². The SMILES string of the molecule is CNc1ncc(-c2nc3ccc(NCC4CN(C)CC(C)O4)cn3n2)c2cc(NC(=O)C3(F)CC3)ncc12. The molecule has 1 aliphatic carbocycles. The molecular weight excluding hydrogens is 489 g/mol. The third-order valence-electron chi connectivity index (χ3n) is 6.96. The van der Waals surface area contributed by atoms with Gasteiger partial charge in [0.2, 0.25) is 0 Å². The molecule has 1 aliphatic heterocycles. The summed E-state index contributed by atoms with van der Waals surface area (Å²) in [7, 11) is 3.88. The molecule has 2 aliphatic rings. The third kappa shape index (κ3) is 4.72. The largest absolute Gasteiger partial charge is 0.381 e. The van der Waals surface area contributed by atoms with Crippen molar-refractivity contribution in [3.63, 3.8) is 0 Å². The van der Waals surface area contributed by atoms with Crippen LogP contribution in [0.2, 0.25) is 0 Å². The van der Waals surface area contributed by atoms with Crippen LogP contribution in [0, 0.1) is 0 Å². The summed E-state index contributed by atoms with van der Waals surface area (Å²) in [5.41, 5.74) is 0.458. The average Bonchev–Trinajstić information content (AvgIpc) is 3.51. The zero-order valence-corrected chi connectivity index (χ0v) is 21.5. The number of nitrogens with one attached hydrogen (secondary N) is 3. The number of aromatic nitrogens is 5. The molecule has 1 saturated heterocycles. The summed E-state index contributed by atoms with van der Waals surface area (Å²) in [6.07, 6.45) is 5.95. The lowest BCUT2D eigenvalue weighted by molar-refractivity contribution is -0.122. The van der Waals surface area contributed by atoms with Crippen LogP contribution in [0.1, 0.15) is 19.8 Å². The van der Waals surface area contributed by atoms with Crippen molar-refractivity contribution in [2.75, 3.05) is 49.7 Å². The number of fused-ring (bicyclic) bond motifs is 2. The van der Waals surface area contributed by atoms with Gasteiger partial charge in [-0.1, -0.05) is 0 Å². The zero-order valence-electron chi connectivity index (χ0n) is 21.5. The standard InChI is InChI=1S/C26H30FN9O2/c1-15-12-35(3)14-17(38-15)9-29-16-4-5-22-33-24(34-36(22)13-16)20-11-31-23(28-2)19-10-30-21(8-18(19)20)32-25(37)26(27)6-7-26/h4-5,8,10-11,13,15,17,29H,6-7,9,12,14H2,1-3H3,(H,28,31)(H,30,32,37). The predicted octanol–water partition coefficient (Wildman–Crippen LogP) is 2.95. The van der Waals surface area contributed by atoms with E-state index in [2.05, 4.69) is 44.8 Å². The fraction of sp³-hybridized carbons (Fsp3) is 0.423. The Hall–Kier alpha value is -3.90. The number of hydrogen-bond acceptors (Lipinski definition) is 9. The van der Waals surface area contributed by atoms with Crippen LogP contribution in [0.15, 0.2) is 36.8 Å². The number of rotatable bonds is 7. The fourth-order valence-corrected chi connectivity index (χ4v) is 4.87. The van der Waals surface area contributed by atoms with Crippen LogP contribution in [0.4, 0.5) is 21.7 Å². The summed E-state index contributed by atoms with van der Waals surface area (Å²) in [6.45, 7) is 4.58. The summed E-state index contributed by atoms with van der Waals surface area (Å²) in [4.78, 5) is 28.0. The topological polar surface area (TPSA) is 122 Å². The van der Waals surface area contributed by atoms with Crippen LogP contribution >= 0.6 is 0 Å². The van der Waals surface area contributed by atoms with Gasteiger partial charge in [-0.2, -0.15) is 0 Å². The quantitative estimate of drug-likeness (QED) is 0.338. The monoisotopic (exact) mass is 519 g/mol. The molecule has 2 fully saturated rings. The van der Waals surface area contributed by atoms with Crippen molar-refractivity contribution in [2.24, 2.45) is 0 Å². The van der Waals surface area contributed by atoms with Crippen LogP contribution in [0.5, 0.6) is 0 Å². The van der Waals surface area contributed by atoms with Gasteiger partial charge in [-0.25, -0.2) is 23.9 Å². The number of carbonyl (C=O) groups is 1. The van der Waals surface area contributed by atoms with Crippen molar-refractivity contribution in [2.45, 2.75) is 37.6 Å². The minimum Gasteiger partial charge on any atom is -0.381 e. The molecule has 6 rings (SSSR count). The first-order chi connectivity index (χ1) is 18.3. The summed E-state index contributed by atoms with van der Waals surface area (Å²) in [6, 6.07) is 5.57. The second-order valence-corrected chi connectivity index (χ2v) is 10.1. The van der Waals surface area contributed by atoms with Gasteiger partial charge in [0.15, 0.2) is 17.1 Å². The van der Waals surface area contributed by atoms with E-state index in [1.54, 1.807) is 30.0 Å². The van der Waals surface area contributed by atoms with E-state index in [0.29, 0.717) is 29.4 Å². The van der Waals surface area contributed by atoms with Gasteiger partial charge < -0.3 is 25.6 Å². The molecule has 5 heterocycles. The van der Waals surface area contributed by atoms with Crippen LogP contribution in [-0.2, 0) is 9.53 Å². The van der Waals surface area contributed by atoms with Crippen LogP contribution < -0.4 is 16.0 Å². The van der Waals surface area contributed by atoms with Crippen molar-refractivity contribution >= 4 is 39.6 Å². The molecule has 4 aromatic rings. The molecular formula is C26H30FN9O2. The Balaban J connectivity index is 1.29. The first-order valence-corrected chi connectivity index (χ1v) is 12.7. The van der Waals surface area contributed by atoms with Gasteiger partial charge in [0.25, 0.3) is 5.91 Å². The lowest BCUT2D eigenvalue weighted by atomic mass is 10.1. The molecule has 12 heteroatoms. The highest BCUT2D eigenvalue weighted by Gasteiger charge is 2.51. The highest BCUT2D eigenvalue weighted by molar-refractivity contribution is 6.04. The summed E-state index contributed by atoms with van der Waals surface area (Å²) in [5, 5.41) is 15.3. The van der Waals surface area contributed by atoms with Gasteiger partial charge in [-0.05, 0) is 45.0 Å². The first kappa shape index (κ1) is 24.4. The molecule has 11 nitrogen and oxygen atoms in total. The molecule has 198 valence electrons. The number of alkyl halides is 1. The number of nitrogens with zero attached hydrogens (tertiary/aromatic N) is 6. The predicted molar refractivity (Wildman–Crippen MR) is 143 cm³/mol. The smallest absolute Gasteiger partial charge is 0.263 e. The van der Waals surface area contributed by atoms with Gasteiger partial charge in [-0.15, -0.1) is 5.10 Å². The first-order valence-electron chi connectivity index (χ1n) is 12.7. The summed E-state index contributed by atoms with van der Waals surface area (Å²) < 4.78 is 22.0. The highest BCUT2D eigenvalue weighted by Crippen LogP contribution is 2.41. The fourth-order valence-electron chi connectivity index (χ4n) is 4.87. The van der Waals surface area contributed by atoms with E-state index >= 15 is 0 Å². The maximum absolute atomic E-state index is 14.2. The van der Waals surface area contributed by atoms with Crippen molar-refractivity contribution in [1.29, 1.82) is 0 Å². The minimum absolute atomic E-state index is 0.101. The normalized spacial score (nSPS) is 20.9. The maximum Gasteiger partial charge on any atom is 0.263 e. The summed E-state index contributed by atoms with van der Waals surface area (Å²) >= 11 is 0. The van der Waals surface area contributed by atoms with E-state index in [1.165, 1.54) is 0 Å². The van der Waals surface area contributed by atoms with Crippen molar-refractivity contribution in [3.8, 4) is 11.4 Å². The Morgan fingerprint density at radius 1 is 1.21 bits per heavy atom. The lowest BCUT2D eigenvalue weighted by Crippen LogP contribution is -2.47. The number of morpholine rings is 1. The van der Waals surface area contributed by atoms with Gasteiger partial charge in [0.05, 0.1) is 24.1 Å². The van der Waals surface area contributed by atoms with E-state index in [1.807, 2.05) is 18.3 Å². The van der Waals surface area contributed by atoms with E-state index < -0.39 is 11.6 Å². The summed E-state index contributed by atoms with van der Waals surface area (Å²) in [5.74, 6) is 0.694. The Bertz CT molecular complexity index is 1510. The number of ether oxygens (including phenoxy) is 1. The Morgan fingerprint density at radius 2 is 2.05 bits per heavy atom. The highest BCUT2D eigenvalue weighted by atomic mass is 19.1. The molecule has 0 aromatic carbocycles. The third-order valence-corrected chi connectivity index (χ3v) is 6.96. The number of halogens is 1. The van der Waals surface area contributed by atoms with Gasteiger partial charge in [-0.3, -0.25) is 4.79 Å². The van der Waals surface area contributed by atoms with E-state index in [4.69, 9.17) is 14.8 Å². The molecule has 0 spiro atoms. The Labute approximate surface area is 218 Å². The van der Waals surface area contributed by atoms with Crippen LogP contribution in [0.3, 0.4) is 0 Å². The number of hydrogen-bond donors (Lipinski definition) is 3. The molecule has 38 heavy (non-hydrogen) atoms. The number of likely N-dealkylation sites (N-methyl/N-ethyl adjacent to an activating group) is 1. The second-order valence-electron chi connectivity index (χ2n) is 10.1. The minimum atomic E-state index is -1.79. The second kappa shape index (κ2) is 9.44. The van der Waals surface area contributed by atoms with Crippen LogP contribution in [-0.4, -0.2) is 87.0 Å². The molecule has 4 aromatic heterocycles. The zero-order chi connectivity index (χ0) is 26.4. The van der Waals surface area contributed by atoms with Crippen molar-refractivity contribution in [1.82, 2.24) is 29.5 Å². The van der Waals surface area contributed by atoms with Crippen molar-refractivity contribution in [3.05, 3.63) is 36.8 Å². The van der Waals surface area contributed by atoms with Crippen molar-refractivity contribution < 1.29 is 13.9 Å². The molecule has 0 radical (unpaired) electrons. The van der Waals surface area contributed by atoms with Gasteiger partial charge in [0.1, 0.15) is 11.6 Å². The average molecular weight is 520 g/mol.